The second-order valence-corrected chi connectivity index (χ2v) is 6.98. The molecule has 1 aromatic carbocycles. The molecule has 0 spiro atoms. The first-order valence-corrected chi connectivity index (χ1v) is 8.48. The van der Waals surface area contributed by atoms with Crippen molar-refractivity contribution in [3.63, 3.8) is 0 Å². The Labute approximate surface area is 124 Å². The maximum absolute atomic E-state index is 13.5. The number of nitrogens with zero attached hydrogens (tertiary/aromatic N) is 1. The highest BCUT2D eigenvalue weighted by molar-refractivity contribution is 7.89. The molecule has 1 atom stereocenters. The van der Waals surface area contributed by atoms with E-state index in [1.54, 1.807) is 4.90 Å². The van der Waals surface area contributed by atoms with Crippen molar-refractivity contribution in [3.05, 3.63) is 29.6 Å². The van der Waals surface area contributed by atoms with E-state index in [4.69, 9.17) is 5.14 Å². The van der Waals surface area contributed by atoms with Crippen molar-refractivity contribution < 1.29 is 17.6 Å². The van der Waals surface area contributed by atoms with Gasteiger partial charge in [-0.2, -0.15) is 0 Å². The van der Waals surface area contributed by atoms with E-state index >= 15 is 0 Å². The van der Waals surface area contributed by atoms with Crippen LogP contribution >= 0.6 is 0 Å². The van der Waals surface area contributed by atoms with E-state index in [0.29, 0.717) is 19.0 Å². The molecule has 1 heterocycles. The number of likely N-dealkylation sites (tertiary alicyclic amines) is 1. The molecule has 0 saturated carbocycles. The molecule has 1 amide bonds. The maximum Gasteiger partial charge on any atom is 0.254 e. The number of halogens is 1. The molecule has 1 saturated heterocycles. The van der Waals surface area contributed by atoms with Crippen molar-refractivity contribution in [2.24, 2.45) is 11.1 Å². The van der Waals surface area contributed by atoms with Gasteiger partial charge in [0.1, 0.15) is 5.82 Å². The second-order valence-electron chi connectivity index (χ2n) is 5.42. The van der Waals surface area contributed by atoms with Crippen LogP contribution in [0, 0.1) is 11.7 Å². The fourth-order valence-electron chi connectivity index (χ4n) is 2.69. The number of hydrogen-bond donors (Lipinski definition) is 1. The summed E-state index contributed by atoms with van der Waals surface area (Å²) < 4.78 is 36.1. The van der Waals surface area contributed by atoms with Gasteiger partial charge in [0.2, 0.25) is 10.0 Å². The lowest BCUT2D eigenvalue weighted by Gasteiger charge is -2.17. The maximum atomic E-state index is 13.5. The molecule has 1 aliphatic rings. The minimum atomic E-state index is -4.03. The third kappa shape index (κ3) is 3.79. The van der Waals surface area contributed by atoms with Crippen LogP contribution in [0.3, 0.4) is 0 Å². The standard InChI is InChI=1S/C14H19FN2O3S/c1-2-3-10-4-5-17(9-10)14(18)11-6-12(15)8-13(7-11)21(16,19)20/h6-8,10H,2-5,9H2,1H3,(H2,16,19,20). The zero-order valence-electron chi connectivity index (χ0n) is 11.9. The largest absolute Gasteiger partial charge is 0.338 e. The van der Waals surface area contributed by atoms with Crippen LogP contribution in [-0.2, 0) is 10.0 Å². The quantitative estimate of drug-likeness (QED) is 0.919. The zero-order valence-corrected chi connectivity index (χ0v) is 12.7. The van der Waals surface area contributed by atoms with Crippen LogP contribution < -0.4 is 5.14 Å². The number of rotatable bonds is 4. The molecule has 21 heavy (non-hydrogen) atoms. The van der Waals surface area contributed by atoms with Gasteiger partial charge in [0, 0.05) is 18.7 Å². The van der Waals surface area contributed by atoms with Crippen LogP contribution in [0.15, 0.2) is 23.1 Å². The first kappa shape index (κ1) is 15.9. The Morgan fingerprint density at radius 3 is 2.76 bits per heavy atom. The lowest BCUT2D eigenvalue weighted by atomic mass is 10.0. The van der Waals surface area contributed by atoms with Gasteiger partial charge in [-0.1, -0.05) is 13.3 Å². The molecule has 1 aliphatic heterocycles. The van der Waals surface area contributed by atoms with Gasteiger partial charge in [-0.25, -0.2) is 17.9 Å². The molecule has 0 bridgehead atoms. The van der Waals surface area contributed by atoms with Crippen molar-refractivity contribution in [2.75, 3.05) is 13.1 Å². The predicted molar refractivity (Wildman–Crippen MR) is 76.7 cm³/mol. The normalized spacial score (nSPS) is 19.0. The first-order valence-electron chi connectivity index (χ1n) is 6.94. The minimum Gasteiger partial charge on any atom is -0.338 e. The summed E-state index contributed by atoms with van der Waals surface area (Å²) in [6, 6.07) is 2.99. The summed E-state index contributed by atoms with van der Waals surface area (Å²) in [5, 5.41) is 4.99. The summed E-state index contributed by atoms with van der Waals surface area (Å²) >= 11 is 0. The van der Waals surface area contributed by atoms with Crippen molar-refractivity contribution in [2.45, 2.75) is 31.1 Å². The van der Waals surface area contributed by atoms with E-state index in [9.17, 15) is 17.6 Å². The molecule has 1 fully saturated rings. The van der Waals surface area contributed by atoms with Gasteiger partial charge >= 0.3 is 0 Å². The zero-order chi connectivity index (χ0) is 15.6. The van der Waals surface area contributed by atoms with Gasteiger partial charge in [-0.05, 0) is 37.0 Å². The van der Waals surface area contributed by atoms with Gasteiger partial charge in [0.25, 0.3) is 5.91 Å². The van der Waals surface area contributed by atoms with E-state index in [-0.39, 0.29) is 16.4 Å². The molecule has 0 aliphatic carbocycles. The van der Waals surface area contributed by atoms with Crippen LogP contribution in [0.2, 0.25) is 0 Å². The fourth-order valence-corrected chi connectivity index (χ4v) is 3.26. The van der Waals surface area contributed by atoms with Gasteiger partial charge < -0.3 is 4.90 Å². The summed E-state index contributed by atoms with van der Waals surface area (Å²) in [7, 11) is -4.03. The Morgan fingerprint density at radius 1 is 1.43 bits per heavy atom. The average molecular weight is 314 g/mol. The molecule has 7 heteroatoms. The molecular weight excluding hydrogens is 295 g/mol. The molecule has 5 nitrogen and oxygen atoms in total. The summed E-state index contributed by atoms with van der Waals surface area (Å²) in [5.74, 6) is -0.669. The third-order valence-electron chi connectivity index (χ3n) is 3.72. The highest BCUT2D eigenvalue weighted by atomic mass is 32.2. The third-order valence-corrected chi connectivity index (χ3v) is 4.61. The monoisotopic (exact) mass is 314 g/mol. The molecule has 2 rings (SSSR count). The molecule has 1 unspecified atom stereocenters. The van der Waals surface area contributed by atoms with Gasteiger partial charge in [-0.3, -0.25) is 4.79 Å². The summed E-state index contributed by atoms with van der Waals surface area (Å²) in [6.45, 7) is 3.34. The van der Waals surface area contributed by atoms with Crippen molar-refractivity contribution in [1.82, 2.24) is 4.90 Å². The molecule has 0 aromatic heterocycles. The highest BCUT2D eigenvalue weighted by Crippen LogP contribution is 2.23. The first-order chi connectivity index (χ1) is 9.81. The highest BCUT2D eigenvalue weighted by Gasteiger charge is 2.27. The van der Waals surface area contributed by atoms with Crippen LogP contribution in [0.5, 0.6) is 0 Å². The summed E-state index contributed by atoms with van der Waals surface area (Å²) in [4.78, 5) is 13.6. The van der Waals surface area contributed by atoms with Crippen LogP contribution in [0.1, 0.15) is 36.5 Å². The Kier molecular flexibility index (Phi) is 4.63. The van der Waals surface area contributed by atoms with Crippen LogP contribution in [0.4, 0.5) is 4.39 Å². The van der Waals surface area contributed by atoms with Gasteiger partial charge in [0.15, 0.2) is 0 Å². The Morgan fingerprint density at radius 2 is 2.14 bits per heavy atom. The second kappa shape index (κ2) is 6.11. The number of carbonyl (C=O) groups is 1. The Bertz CT molecular complexity index is 646. The molecule has 1 aromatic rings. The number of sulfonamides is 1. The lowest BCUT2D eigenvalue weighted by molar-refractivity contribution is 0.0785. The summed E-state index contributed by atoms with van der Waals surface area (Å²) in [5.41, 5.74) is 0.0242. The fraction of sp³-hybridized carbons (Fsp3) is 0.500. The minimum absolute atomic E-state index is 0.0242. The van der Waals surface area contributed by atoms with E-state index in [1.165, 1.54) is 0 Å². The summed E-state index contributed by atoms with van der Waals surface area (Å²) in [6.07, 6.45) is 3.04. The SMILES string of the molecule is CCCC1CCN(C(=O)c2cc(F)cc(S(N)(=O)=O)c2)C1. The molecular formula is C14H19FN2O3S. The van der Waals surface area contributed by atoms with E-state index in [2.05, 4.69) is 6.92 Å². The lowest BCUT2D eigenvalue weighted by Crippen LogP contribution is -2.29. The van der Waals surface area contributed by atoms with Crippen molar-refractivity contribution in [1.29, 1.82) is 0 Å². The van der Waals surface area contributed by atoms with Crippen LogP contribution in [-0.4, -0.2) is 32.3 Å². The molecule has 2 N–H and O–H groups in total. The number of carbonyl (C=O) groups excluding carboxylic acids is 1. The van der Waals surface area contributed by atoms with Gasteiger partial charge in [0.05, 0.1) is 4.90 Å². The topological polar surface area (TPSA) is 80.5 Å². The number of hydrogen-bond acceptors (Lipinski definition) is 3. The van der Waals surface area contributed by atoms with Gasteiger partial charge in [-0.15, -0.1) is 0 Å². The smallest absolute Gasteiger partial charge is 0.254 e. The average Bonchev–Trinajstić information content (AvgIpc) is 2.85. The van der Waals surface area contributed by atoms with E-state index in [1.807, 2.05) is 0 Å². The predicted octanol–water partition coefficient (Wildman–Crippen LogP) is 1.74. The molecule has 0 radical (unpaired) electrons. The number of nitrogens with two attached hydrogens (primary N) is 1. The Hall–Kier alpha value is -1.47. The van der Waals surface area contributed by atoms with Crippen molar-refractivity contribution in [3.8, 4) is 0 Å². The van der Waals surface area contributed by atoms with Crippen LogP contribution in [0.25, 0.3) is 0 Å². The number of benzene rings is 1. The Balaban J connectivity index is 2.22. The van der Waals surface area contributed by atoms with E-state index in [0.717, 1.165) is 37.5 Å². The van der Waals surface area contributed by atoms with E-state index < -0.39 is 15.8 Å². The number of amides is 1. The number of primary sulfonamides is 1. The molecule has 116 valence electrons. The van der Waals surface area contributed by atoms with Crippen molar-refractivity contribution >= 4 is 15.9 Å².